The summed E-state index contributed by atoms with van der Waals surface area (Å²) in [5.41, 5.74) is 1.24. The number of ether oxygens (including phenoxy) is 2. The maximum absolute atomic E-state index is 11.3. The van der Waals surface area contributed by atoms with E-state index in [0.717, 1.165) is 12.8 Å². The molecule has 0 radical (unpaired) electrons. The van der Waals surface area contributed by atoms with Crippen LogP contribution in [0.1, 0.15) is 19.8 Å². The highest BCUT2D eigenvalue weighted by Crippen LogP contribution is 2.31. The van der Waals surface area contributed by atoms with Gasteiger partial charge in [-0.25, -0.2) is 4.79 Å². The van der Waals surface area contributed by atoms with Gasteiger partial charge in [-0.3, -0.25) is 4.79 Å². The number of allylic oxidation sites excluding steroid dienone is 2. The topological polar surface area (TPSA) is 52.6 Å². The Labute approximate surface area is 81.2 Å². The number of hydrogen-bond acceptors (Lipinski definition) is 4. The molecule has 0 bridgehead atoms. The predicted octanol–water partition coefficient (Wildman–Crippen LogP) is 1.08. The fourth-order valence-corrected chi connectivity index (χ4v) is 1.58. The van der Waals surface area contributed by atoms with Gasteiger partial charge in [-0.2, -0.15) is 0 Å². The van der Waals surface area contributed by atoms with E-state index in [2.05, 4.69) is 0 Å². The second-order valence-electron chi connectivity index (χ2n) is 3.20. The fourth-order valence-electron chi connectivity index (χ4n) is 1.58. The quantitative estimate of drug-likeness (QED) is 0.586. The van der Waals surface area contributed by atoms with Gasteiger partial charge in [-0.1, -0.05) is 12.2 Å². The first-order chi connectivity index (χ1) is 6.68. The van der Waals surface area contributed by atoms with Gasteiger partial charge in [0.1, 0.15) is 0 Å². The van der Waals surface area contributed by atoms with E-state index in [9.17, 15) is 9.59 Å². The molecule has 1 saturated heterocycles. The molecule has 74 valence electrons. The van der Waals surface area contributed by atoms with Crippen molar-refractivity contribution in [3.05, 3.63) is 23.3 Å². The van der Waals surface area contributed by atoms with Gasteiger partial charge in [0.2, 0.25) is 0 Å². The van der Waals surface area contributed by atoms with E-state index in [4.69, 9.17) is 9.47 Å². The zero-order valence-electron chi connectivity index (χ0n) is 7.78. The maximum Gasteiger partial charge on any atom is 0.341 e. The molecule has 0 aromatic heterocycles. The summed E-state index contributed by atoms with van der Waals surface area (Å²) in [7, 11) is 0. The molecule has 2 rings (SSSR count). The fraction of sp³-hybridized carbons (Fsp3) is 0.400. The van der Waals surface area contributed by atoms with Crippen molar-refractivity contribution >= 4 is 11.9 Å². The Kier molecular flexibility index (Phi) is 2.11. The van der Waals surface area contributed by atoms with Gasteiger partial charge in [-0.05, 0) is 12.8 Å². The molecule has 0 saturated carbocycles. The van der Waals surface area contributed by atoms with Crippen molar-refractivity contribution in [3.63, 3.8) is 0 Å². The van der Waals surface area contributed by atoms with Crippen LogP contribution in [0.2, 0.25) is 0 Å². The van der Waals surface area contributed by atoms with E-state index in [1.54, 1.807) is 0 Å². The molecule has 4 nitrogen and oxygen atoms in total. The van der Waals surface area contributed by atoms with Crippen molar-refractivity contribution in [1.82, 2.24) is 0 Å². The van der Waals surface area contributed by atoms with E-state index in [1.807, 2.05) is 12.2 Å². The molecule has 1 unspecified atom stereocenters. The van der Waals surface area contributed by atoms with Crippen LogP contribution < -0.4 is 0 Å². The summed E-state index contributed by atoms with van der Waals surface area (Å²) in [6.45, 7) is 1.29. The maximum atomic E-state index is 11.3. The Hall–Kier alpha value is -1.58. The molecular weight excluding hydrogens is 184 g/mol. The summed E-state index contributed by atoms with van der Waals surface area (Å²) < 4.78 is 9.76. The molecule has 1 atom stereocenters. The van der Waals surface area contributed by atoms with Crippen LogP contribution >= 0.6 is 0 Å². The smallest absolute Gasteiger partial charge is 0.341 e. The van der Waals surface area contributed by atoms with Gasteiger partial charge in [-0.15, -0.1) is 0 Å². The lowest BCUT2D eigenvalue weighted by molar-refractivity contribution is -0.170. The van der Waals surface area contributed by atoms with Crippen LogP contribution in [0, 0.1) is 0 Å². The SMILES string of the molecule is CC(=O)OC1OC(=O)C2=CCCC=C21. The average Bonchev–Trinajstić information content (AvgIpc) is 2.44. The Morgan fingerprint density at radius 2 is 2.21 bits per heavy atom. The third-order valence-corrected chi connectivity index (χ3v) is 2.15. The first-order valence-electron chi connectivity index (χ1n) is 4.47. The Balaban J connectivity index is 2.23. The van der Waals surface area contributed by atoms with Crippen LogP contribution in [0.3, 0.4) is 0 Å². The van der Waals surface area contributed by atoms with Crippen LogP contribution in [-0.4, -0.2) is 18.2 Å². The number of carbonyl (C=O) groups is 2. The molecular formula is C10H10O4. The summed E-state index contributed by atoms with van der Waals surface area (Å²) in [6.07, 6.45) is 4.56. The highest BCUT2D eigenvalue weighted by Gasteiger charge is 2.37. The number of fused-ring (bicyclic) bond motifs is 1. The number of carbonyl (C=O) groups excluding carboxylic acids is 2. The minimum absolute atomic E-state index is 0.401. The molecule has 1 aliphatic heterocycles. The van der Waals surface area contributed by atoms with E-state index >= 15 is 0 Å². The van der Waals surface area contributed by atoms with Crippen LogP contribution in [0.25, 0.3) is 0 Å². The Morgan fingerprint density at radius 3 is 2.93 bits per heavy atom. The molecule has 0 N–H and O–H groups in total. The summed E-state index contributed by atoms with van der Waals surface area (Å²) in [6, 6.07) is 0. The van der Waals surface area contributed by atoms with Crippen molar-refractivity contribution in [1.29, 1.82) is 0 Å². The molecule has 0 amide bonds. The van der Waals surface area contributed by atoms with Gasteiger partial charge in [0, 0.05) is 12.5 Å². The molecule has 0 spiro atoms. The lowest BCUT2D eigenvalue weighted by atomic mass is 10.00. The number of cyclic esters (lactones) is 1. The zero-order valence-corrected chi connectivity index (χ0v) is 7.78. The molecule has 4 heteroatoms. The van der Waals surface area contributed by atoms with Crippen molar-refractivity contribution in [3.8, 4) is 0 Å². The zero-order chi connectivity index (χ0) is 10.1. The highest BCUT2D eigenvalue weighted by molar-refractivity contribution is 5.97. The normalized spacial score (nSPS) is 24.6. The first kappa shape index (κ1) is 8.99. The summed E-state index contributed by atoms with van der Waals surface area (Å²) in [4.78, 5) is 22.0. The van der Waals surface area contributed by atoms with Gasteiger partial charge < -0.3 is 9.47 Å². The van der Waals surface area contributed by atoms with E-state index in [0.29, 0.717) is 11.1 Å². The summed E-state index contributed by atoms with van der Waals surface area (Å²) in [5.74, 6) is -0.849. The lowest BCUT2D eigenvalue weighted by Crippen LogP contribution is -2.17. The summed E-state index contributed by atoms with van der Waals surface area (Å²) in [5, 5.41) is 0. The largest absolute Gasteiger partial charge is 0.421 e. The van der Waals surface area contributed by atoms with Gasteiger partial charge in [0.25, 0.3) is 6.29 Å². The van der Waals surface area contributed by atoms with E-state index in [-0.39, 0.29) is 0 Å². The van der Waals surface area contributed by atoms with Gasteiger partial charge in [0.15, 0.2) is 0 Å². The highest BCUT2D eigenvalue weighted by atomic mass is 16.7. The predicted molar refractivity (Wildman–Crippen MR) is 47.0 cm³/mol. The van der Waals surface area contributed by atoms with Gasteiger partial charge >= 0.3 is 11.9 Å². The first-order valence-corrected chi connectivity index (χ1v) is 4.47. The van der Waals surface area contributed by atoms with Crippen LogP contribution in [0.5, 0.6) is 0 Å². The molecule has 2 aliphatic rings. The number of rotatable bonds is 1. The van der Waals surface area contributed by atoms with Crippen molar-refractivity contribution in [2.24, 2.45) is 0 Å². The third-order valence-electron chi connectivity index (χ3n) is 2.15. The average molecular weight is 194 g/mol. The Bertz CT molecular complexity index is 351. The van der Waals surface area contributed by atoms with Crippen LogP contribution in [-0.2, 0) is 19.1 Å². The van der Waals surface area contributed by atoms with Crippen LogP contribution in [0.15, 0.2) is 23.3 Å². The molecule has 0 aromatic carbocycles. The minimum Gasteiger partial charge on any atom is -0.421 e. The number of hydrogen-bond donors (Lipinski definition) is 0. The summed E-state index contributed by atoms with van der Waals surface area (Å²) >= 11 is 0. The number of esters is 2. The minimum atomic E-state index is -0.827. The molecule has 1 fully saturated rings. The molecule has 1 heterocycles. The van der Waals surface area contributed by atoms with E-state index in [1.165, 1.54) is 6.92 Å². The second-order valence-corrected chi connectivity index (χ2v) is 3.20. The third kappa shape index (κ3) is 1.43. The molecule has 14 heavy (non-hydrogen) atoms. The van der Waals surface area contributed by atoms with Crippen molar-refractivity contribution in [2.45, 2.75) is 26.1 Å². The van der Waals surface area contributed by atoms with E-state index < -0.39 is 18.2 Å². The van der Waals surface area contributed by atoms with Gasteiger partial charge in [0.05, 0.1) is 5.57 Å². The monoisotopic (exact) mass is 194 g/mol. The molecule has 0 aromatic rings. The second kappa shape index (κ2) is 3.29. The molecule has 1 aliphatic carbocycles. The Morgan fingerprint density at radius 1 is 1.50 bits per heavy atom. The standard InChI is InChI=1S/C10H10O4/c1-6(11)13-10-8-5-3-2-4-7(8)9(12)14-10/h4-5,10H,2-3H2,1H3. The van der Waals surface area contributed by atoms with Crippen LogP contribution in [0.4, 0.5) is 0 Å². The van der Waals surface area contributed by atoms with Crippen molar-refractivity contribution < 1.29 is 19.1 Å². The lowest BCUT2D eigenvalue weighted by Gasteiger charge is -2.11. The van der Waals surface area contributed by atoms with Crippen molar-refractivity contribution in [2.75, 3.05) is 0 Å².